The van der Waals surface area contributed by atoms with Gasteiger partial charge in [-0.3, -0.25) is 9.69 Å². The molecule has 0 radical (unpaired) electrons. The van der Waals surface area contributed by atoms with Crippen LogP contribution < -0.4 is 5.32 Å². The lowest BCUT2D eigenvalue weighted by Gasteiger charge is -2.41. The number of ether oxygens (including phenoxy) is 1. The summed E-state index contributed by atoms with van der Waals surface area (Å²) in [5, 5.41) is 13.2. The van der Waals surface area contributed by atoms with Crippen molar-refractivity contribution in [1.29, 1.82) is 0 Å². The summed E-state index contributed by atoms with van der Waals surface area (Å²) in [5.41, 5.74) is 2.64. The fraction of sp³-hybridized carbons (Fsp3) is 0.545. The minimum Gasteiger partial charge on any atom is -0.506 e. The number of sulfone groups is 1. The molecular formula is C33H41Br2N5O7S. The molecule has 4 heterocycles. The molecule has 0 spiro atoms. The van der Waals surface area contributed by atoms with Crippen molar-refractivity contribution in [3.05, 3.63) is 56.5 Å². The molecular weight excluding hydrogens is 770 g/mol. The van der Waals surface area contributed by atoms with Crippen molar-refractivity contribution < 1.29 is 32.6 Å². The van der Waals surface area contributed by atoms with E-state index in [2.05, 4.69) is 42.1 Å². The summed E-state index contributed by atoms with van der Waals surface area (Å²) in [6.07, 6.45) is 1.85. The maximum Gasteiger partial charge on any atom is 0.410 e. The molecule has 15 heteroatoms. The number of phenols is 1. The predicted octanol–water partition coefficient (Wildman–Crippen LogP) is 4.24. The molecule has 1 atom stereocenters. The molecule has 6 rings (SSSR count). The Morgan fingerprint density at radius 1 is 0.896 bits per heavy atom. The lowest BCUT2D eigenvalue weighted by atomic mass is 10.0. The first-order chi connectivity index (χ1) is 23.0. The van der Waals surface area contributed by atoms with Gasteiger partial charge in [-0.15, -0.1) is 0 Å². The normalized spacial score (nSPS) is 21.6. The number of rotatable bonds is 6. The van der Waals surface area contributed by atoms with Crippen LogP contribution in [0.5, 0.6) is 5.75 Å². The number of para-hydroxylation sites is 1. The number of likely N-dealkylation sites (tertiary alicyclic amines) is 2. The minimum atomic E-state index is -2.97. The molecule has 12 nitrogen and oxygen atoms in total. The molecule has 3 saturated heterocycles. The summed E-state index contributed by atoms with van der Waals surface area (Å²) >= 11 is 6.71. The molecule has 4 amide bonds. The number of phenolic OH excluding ortho intramolecular Hbond substituents is 1. The van der Waals surface area contributed by atoms with Crippen LogP contribution in [0.3, 0.4) is 0 Å². The zero-order valence-electron chi connectivity index (χ0n) is 26.7. The van der Waals surface area contributed by atoms with E-state index in [1.165, 1.54) is 0 Å². The maximum atomic E-state index is 14.0. The van der Waals surface area contributed by atoms with Gasteiger partial charge < -0.3 is 29.9 Å². The molecule has 4 aliphatic heterocycles. The minimum absolute atomic E-state index is 0.0196. The number of hydrogen-bond donors (Lipinski definition) is 2. The fourth-order valence-electron chi connectivity index (χ4n) is 7.17. The zero-order chi connectivity index (χ0) is 34.0. The van der Waals surface area contributed by atoms with Crippen LogP contribution in [0.15, 0.2) is 45.3 Å². The van der Waals surface area contributed by atoms with Gasteiger partial charge in [0.15, 0.2) is 15.9 Å². The van der Waals surface area contributed by atoms with Gasteiger partial charge in [0.1, 0.15) is 5.75 Å². The van der Waals surface area contributed by atoms with Crippen LogP contribution in [0.25, 0.3) is 0 Å². The summed E-state index contributed by atoms with van der Waals surface area (Å²) in [6.45, 7) is 3.38. The van der Waals surface area contributed by atoms with Crippen molar-refractivity contribution in [1.82, 2.24) is 19.6 Å². The van der Waals surface area contributed by atoms with Crippen molar-refractivity contribution in [3.8, 4) is 5.75 Å². The van der Waals surface area contributed by atoms with E-state index < -0.39 is 22.0 Å². The van der Waals surface area contributed by atoms with E-state index in [1.54, 1.807) is 21.9 Å². The smallest absolute Gasteiger partial charge is 0.410 e. The number of amides is 4. The second kappa shape index (κ2) is 14.9. The first-order valence-corrected chi connectivity index (χ1v) is 19.9. The average Bonchev–Trinajstić information content (AvgIpc) is 3.24. The molecule has 2 aromatic carbocycles. The molecule has 2 aromatic rings. The number of nitrogens with zero attached hydrogens (tertiary/aromatic N) is 4. The fourth-order valence-corrected chi connectivity index (χ4v) is 9.68. The Hall–Kier alpha value is -2.88. The highest BCUT2D eigenvalue weighted by Gasteiger charge is 2.37. The number of halogens is 2. The van der Waals surface area contributed by atoms with Crippen molar-refractivity contribution in [3.63, 3.8) is 0 Å². The zero-order valence-corrected chi connectivity index (χ0v) is 30.6. The Bertz CT molecular complexity index is 1610. The topological polar surface area (TPSA) is 140 Å². The van der Waals surface area contributed by atoms with Gasteiger partial charge >= 0.3 is 12.1 Å². The van der Waals surface area contributed by atoms with Crippen molar-refractivity contribution in [2.75, 3.05) is 62.6 Å². The van der Waals surface area contributed by atoms with Crippen LogP contribution in [-0.4, -0.2) is 127 Å². The molecule has 0 unspecified atom stereocenters. The molecule has 48 heavy (non-hydrogen) atoms. The van der Waals surface area contributed by atoms with E-state index >= 15 is 0 Å². The predicted molar refractivity (Wildman–Crippen MR) is 188 cm³/mol. The number of urea groups is 1. The lowest BCUT2D eigenvalue weighted by Crippen LogP contribution is -2.54. The molecule has 2 N–H and O–H groups in total. The van der Waals surface area contributed by atoms with Gasteiger partial charge in [0.2, 0.25) is 0 Å². The van der Waals surface area contributed by atoms with Gasteiger partial charge in [-0.2, -0.15) is 0 Å². The lowest BCUT2D eigenvalue weighted by molar-refractivity contribution is -0.142. The number of nitrogens with one attached hydrogen (secondary N) is 1. The Kier molecular flexibility index (Phi) is 10.9. The van der Waals surface area contributed by atoms with Crippen LogP contribution in [-0.2, 0) is 32.2 Å². The number of anilines is 1. The first-order valence-electron chi connectivity index (χ1n) is 16.5. The third kappa shape index (κ3) is 8.11. The van der Waals surface area contributed by atoms with E-state index in [9.17, 15) is 27.9 Å². The van der Waals surface area contributed by atoms with Crippen molar-refractivity contribution in [2.24, 2.45) is 0 Å². The standard InChI is InChI=1S/C33H41Br2N5O7S/c34-26-19-22(20-27(35)30(26)41)21-29(31(42)38-10-6-24(7-11-38)37-15-17-48(45,46)18-16-37)47-33(44)39-12-8-25(9-13-39)40-14-5-23-3-1-2-4-28(23)36-32(40)43/h1-4,19-20,24-25,29,41H,5-18,21H2,(H,36,43)/t29-/m1/s1. The van der Waals surface area contributed by atoms with Gasteiger partial charge in [0, 0.05) is 70.0 Å². The van der Waals surface area contributed by atoms with E-state index in [0.29, 0.717) is 86.0 Å². The molecule has 0 bridgehead atoms. The van der Waals surface area contributed by atoms with E-state index in [-0.39, 0.29) is 47.7 Å². The van der Waals surface area contributed by atoms with Gasteiger partial charge in [-0.25, -0.2) is 18.0 Å². The summed E-state index contributed by atoms with van der Waals surface area (Å²) in [5.74, 6) is 0.0900. The Labute approximate surface area is 297 Å². The van der Waals surface area contributed by atoms with Crippen molar-refractivity contribution in [2.45, 2.75) is 56.7 Å². The Morgan fingerprint density at radius 2 is 1.50 bits per heavy atom. The number of carbonyl (C=O) groups is 3. The first kappa shape index (κ1) is 35.0. The van der Waals surface area contributed by atoms with Crippen molar-refractivity contribution >= 4 is 65.4 Å². The number of fused-ring (bicyclic) bond motifs is 1. The van der Waals surface area contributed by atoms with E-state index in [4.69, 9.17) is 4.74 Å². The van der Waals surface area contributed by atoms with Crippen LogP contribution in [0.2, 0.25) is 0 Å². The highest BCUT2D eigenvalue weighted by molar-refractivity contribution is 9.11. The number of piperidine rings is 2. The maximum absolute atomic E-state index is 14.0. The summed E-state index contributed by atoms with van der Waals surface area (Å²) in [4.78, 5) is 48.0. The SMILES string of the molecule is O=C(O[C@H](Cc1cc(Br)c(O)c(Br)c1)C(=O)N1CCC(N2CCS(=O)(=O)CC2)CC1)N1CCC(N2CCc3ccccc3NC2=O)CC1. The highest BCUT2D eigenvalue weighted by Crippen LogP contribution is 2.34. The Balaban J connectivity index is 1.08. The van der Waals surface area contributed by atoms with Gasteiger partial charge in [-0.05, 0) is 93.3 Å². The third-order valence-corrected chi connectivity index (χ3v) is 12.8. The largest absolute Gasteiger partial charge is 0.506 e. The molecule has 0 aromatic heterocycles. The number of benzene rings is 2. The molecule has 4 aliphatic rings. The van der Waals surface area contributed by atoms with Gasteiger partial charge in [0.25, 0.3) is 5.91 Å². The van der Waals surface area contributed by atoms with Crippen LogP contribution in [0.1, 0.15) is 36.8 Å². The summed E-state index contributed by atoms with van der Waals surface area (Å²) in [7, 11) is -2.97. The van der Waals surface area contributed by atoms with Crippen LogP contribution in [0.4, 0.5) is 15.3 Å². The molecule has 260 valence electrons. The van der Waals surface area contributed by atoms with Gasteiger partial charge in [-0.1, -0.05) is 18.2 Å². The number of aromatic hydroxyl groups is 1. The van der Waals surface area contributed by atoms with Crippen LogP contribution >= 0.6 is 31.9 Å². The monoisotopic (exact) mass is 809 g/mol. The second-order valence-electron chi connectivity index (χ2n) is 13.0. The summed E-state index contributed by atoms with van der Waals surface area (Å²) in [6, 6.07) is 11.3. The van der Waals surface area contributed by atoms with Crippen LogP contribution in [0, 0.1) is 0 Å². The number of hydrogen-bond acceptors (Lipinski definition) is 8. The second-order valence-corrected chi connectivity index (χ2v) is 17.0. The summed E-state index contributed by atoms with van der Waals surface area (Å²) < 4.78 is 30.7. The molecule has 0 saturated carbocycles. The quantitative estimate of drug-likeness (QED) is 0.442. The molecule has 3 fully saturated rings. The Morgan fingerprint density at radius 3 is 2.17 bits per heavy atom. The van der Waals surface area contributed by atoms with E-state index in [1.807, 2.05) is 29.2 Å². The number of carbonyl (C=O) groups excluding carboxylic acids is 3. The highest BCUT2D eigenvalue weighted by atomic mass is 79.9. The average molecular weight is 812 g/mol. The third-order valence-electron chi connectivity index (χ3n) is 9.99. The van der Waals surface area contributed by atoms with E-state index in [0.717, 1.165) is 17.7 Å². The molecule has 0 aliphatic carbocycles. The van der Waals surface area contributed by atoms with Gasteiger partial charge in [0.05, 0.1) is 20.5 Å².